The second kappa shape index (κ2) is 17.8. The smallest absolute Gasteiger partial charge is 0.336 e. The van der Waals surface area contributed by atoms with E-state index >= 15 is 0 Å². The number of carbonyl (C=O) groups excluding carboxylic acids is 2. The molecule has 0 aromatic heterocycles. The number of benzene rings is 2. The van der Waals surface area contributed by atoms with Crippen LogP contribution in [0.25, 0.3) is 0 Å². The van der Waals surface area contributed by atoms with Crippen LogP contribution in [0.1, 0.15) is 58.4 Å². The Kier molecular flexibility index (Phi) is 13.8. The van der Waals surface area contributed by atoms with Crippen molar-refractivity contribution in [1.29, 1.82) is 0 Å². The normalized spacial score (nSPS) is 15.3. The number of hydrogen-bond donors (Lipinski definition) is 3. The maximum atomic E-state index is 13.3. The number of esters is 2. The zero-order valence-corrected chi connectivity index (χ0v) is 26.3. The van der Waals surface area contributed by atoms with Crippen molar-refractivity contribution in [2.24, 2.45) is 0 Å². The zero-order valence-electron chi connectivity index (χ0n) is 26.3. The monoisotopic (exact) mass is 625 g/mol. The van der Waals surface area contributed by atoms with Crippen molar-refractivity contribution in [3.63, 3.8) is 0 Å². The number of rotatable bonds is 18. The van der Waals surface area contributed by atoms with Crippen LogP contribution < -0.4 is 20.1 Å². The number of hydrogen-bond acceptors (Lipinski definition) is 11. The van der Waals surface area contributed by atoms with Crippen molar-refractivity contribution in [3.8, 4) is 11.5 Å². The van der Waals surface area contributed by atoms with Crippen LogP contribution in [-0.4, -0.2) is 67.6 Å². The predicted molar refractivity (Wildman–Crippen MR) is 168 cm³/mol. The number of nitro benzene ring substituents is 1. The molecule has 0 radical (unpaired) electrons. The van der Waals surface area contributed by atoms with Crippen molar-refractivity contribution in [3.05, 3.63) is 86.7 Å². The Morgan fingerprint density at radius 3 is 2.33 bits per heavy atom. The lowest BCUT2D eigenvalue weighted by atomic mass is 9.79. The summed E-state index contributed by atoms with van der Waals surface area (Å²) >= 11 is 0. The van der Waals surface area contributed by atoms with Gasteiger partial charge < -0.3 is 34.7 Å². The lowest BCUT2D eigenvalue weighted by Gasteiger charge is -2.32. The predicted octanol–water partition coefficient (Wildman–Crippen LogP) is 4.53. The summed E-state index contributed by atoms with van der Waals surface area (Å²) in [5.41, 5.74) is 1.43. The van der Waals surface area contributed by atoms with E-state index < -0.39 is 28.9 Å². The van der Waals surface area contributed by atoms with Crippen LogP contribution in [-0.2, 0) is 19.1 Å². The molecule has 0 bridgehead atoms. The summed E-state index contributed by atoms with van der Waals surface area (Å²) in [7, 11) is 0. The first kappa shape index (κ1) is 35.1. The minimum Gasteiger partial charge on any atom is -0.493 e. The largest absolute Gasteiger partial charge is 0.493 e. The highest BCUT2D eigenvalue weighted by atomic mass is 16.6. The number of dihydropyridines is 1. The first-order chi connectivity index (χ1) is 21.7. The van der Waals surface area contributed by atoms with Gasteiger partial charge in [-0.25, -0.2) is 9.59 Å². The van der Waals surface area contributed by atoms with E-state index in [1.54, 1.807) is 20.8 Å². The molecule has 1 aliphatic heterocycles. The summed E-state index contributed by atoms with van der Waals surface area (Å²) in [5.74, 6) is -1.30. The molecule has 0 saturated carbocycles. The third kappa shape index (κ3) is 9.79. The molecular weight excluding hydrogens is 582 g/mol. The van der Waals surface area contributed by atoms with Crippen molar-refractivity contribution in [2.75, 3.05) is 39.5 Å². The summed E-state index contributed by atoms with van der Waals surface area (Å²) in [6, 6.07) is 13.4. The third-order valence-electron chi connectivity index (χ3n) is 7.08. The van der Waals surface area contributed by atoms with Gasteiger partial charge in [0, 0.05) is 35.6 Å². The number of allylic oxidation sites excluding steroid dienone is 2. The molecule has 2 unspecified atom stereocenters. The van der Waals surface area contributed by atoms with Gasteiger partial charge in [-0.1, -0.05) is 25.1 Å². The zero-order chi connectivity index (χ0) is 32.8. The SMILES string of the molecule is CCOC(=O)C1=C(C)NC(CC)=C(C(=O)OCC)C1c1cc([N+](=O)[O-])ccc1OCCCCNCC(O)COc1ccccc1. The van der Waals surface area contributed by atoms with Crippen LogP contribution in [0.15, 0.2) is 71.1 Å². The highest BCUT2D eigenvalue weighted by molar-refractivity contribution is 6.00. The van der Waals surface area contributed by atoms with E-state index in [4.69, 9.17) is 18.9 Å². The van der Waals surface area contributed by atoms with E-state index in [1.165, 1.54) is 18.2 Å². The van der Waals surface area contributed by atoms with E-state index in [1.807, 2.05) is 37.3 Å². The number of nitrogens with zero attached hydrogens (tertiary/aromatic N) is 1. The fraction of sp³-hybridized carbons (Fsp3) is 0.455. The molecule has 2 atom stereocenters. The molecule has 0 fully saturated rings. The Morgan fingerprint density at radius 1 is 1.00 bits per heavy atom. The number of aliphatic hydroxyl groups is 1. The molecule has 45 heavy (non-hydrogen) atoms. The molecule has 244 valence electrons. The first-order valence-corrected chi connectivity index (χ1v) is 15.2. The van der Waals surface area contributed by atoms with Gasteiger partial charge in [-0.05, 0) is 64.8 Å². The standard InChI is InChI=1S/C33H43N3O9/c1-5-27-31(33(39)43-7-3)30(29(22(4)35-27)32(38)42-6-2)26-19-23(36(40)41)15-16-28(26)44-18-12-11-17-34-20-24(37)21-45-25-13-9-8-10-14-25/h8-10,13-16,19,24,30,34-35,37H,5-7,11-12,17-18,20-21H2,1-4H3. The minimum absolute atomic E-state index is 0.102. The third-order valence-corrected chi connectivity index (χ3v) is 7.08. The Hall–Kier alpha value is -4.42. The Bertz CT molecular complexity index is 1370. The molecule has 3 N–H and O–H groups in total. The fourth-order valence-electron chi connectivity index (χ4n) is 4.99. The molecule has 1 aliphatic rings. The van der Waals surface area contributed by atoms with E-state index in [-0.39, 0.29) is 43.3 Å². The van der Waals surface area contributed by atoms with E-state index in [0.717, 1.165) is 6.42 Å². The summed E-state index contributed by atoms with van der Waals surface area (Å²) in [4.78, 5) is 37.9. The molecule has 12 heteroatoms. The number of ether oxygens (including phenoxy) is 4. The van der Waals surface area contributed by atoms with Gasteiger partial charge in [0.1, 0.15) is 24.2 Å². The molecule has 0 amide bonds. The molecule has 0 aliphatic carbocycles. The lowest BCUT2D eigenvalue weighted by Crippen LogP contribution is -2.33. The molecule has 0 saturated heterocycles. The molecule has 3 rings (SSSR count). The van der Waals surface area contributed by atoms with Gasteiger partial charge in [-0.3, -0.25) is 10.1 Å². The quantitative estimate of drug-likeness (QED) is 0.0925. The molecule has 1 heterocycles. The van der Waals surface area contributed by atoms with Gasteiger partial charge in [0.15, 0.2) is 0 Å². The van der Waals surface area contributed by atoms with Crippen molar-refractivity contribution < 1.29 is 38.6 Å². The van der Waals surface area contributed by atoms with E-state index in [0.29, 0.717) is 54.4 Å². The van der Waals surface area contributed by atoms with Crippen LogP contribution in [0, 0.1) is 10.1 Å². The van der Waals surface area contributed by atoms with Crippen LogP contribution in [0.3, 0.4) is 0 Å². The van der Waals surface area contributed by atoms with Crippen LogP contribution in [0.4, 0.5) is 5.69 Å². The average Bonchev–Trinajstić information content (AvgIpc) is 3.03. The molecule has 0 spiro atoms. The number of para-hydroxylation sites is 1. The van der Waals surface area contributed by atoms with Crippen LogP contribution >= 0.6 is 0 Å². The molecule has 12 nitrogen and oxygen atoms in total. The summed E-state index contributed by atoms with van der Waals surface area (Å²) in [5, 5.41) is 28.3. The van der Waals surface area contributed by atoms with Crippen molar-refractivity contribution >= 4 is 17.6 Å². The van der Waals surface area contributed by atoms with Crippen molar-refractivity contribution in [2.45, 2.75) is 59.0 Å². The van der Waals surface area contributed by atoms with Gasteiger partial charge >= 0.3 is 11.9 Å². The summed E-state index contributed by atoms with van der Waals surface area (Å²) in [6.45, 7) is 8.54. The fourth-order valence-corrected chi connectivity index (χ4v) is 4.99. The number of non-ortho nitro benzene ring substituents is 1. The number of nitrogens with one attached hydrogen (secondary N) is 2. The Labute approximate surface area is 263 Å². The number of aliphatic hydroxyl groups excluding tert-OH is 1. The Morgan fingerprint density at radius 2 is 1.69 bits per heavy atom. The topological polar surface area (TPSA) is 158 Å². The lowest BCUT2D eigenvalue weighted by molar-refractivity contribution is -0.384. The van der Waals surface area contributed by atoms with Crippen LogP contribution in [0.5, 0.6) is 11.5 Å². The van der Waals surface area contributed by atoms with Crippen molar-refractivity contribution in [1.82, 2.24) is 10.6 Å². The maximum absolute atomic E-state index is 13.3. The van der Waals surface area contributed by atoms with Gasteiger partial charge in [-0.15, -0.1) is 0 Å². The Balaban J connectivity index is 1.75. The number of nitro groups is 1. The van der Waals surface area contributed by atoms with Gasteiger partial charge in [0.25, 0.3) is 5.69 Å². The minimum atomic E-state index is -1.02. The highest BCUT2D eigenvalue weighted by Crippen LogP contribution is 2.44. The highest BCUT2D eigenvalue weighted by Gasteiger charge is 2.40. The number of unbranched alkanes of at least 4 members (excludes halogenated alkanes) is 1. The molecule has 2 aromatic rings. The second-order valence-corrected chi connectivity index (χ2v) is 10.3. The van der Waals surface area contributed by atoms with E-state index in [9.17, 15) is 24.8 Å². The molecular formula is C33H43N3O9. The van der Waals surface area contributed by atoms with Gasteiger partial charge in [0.2, 0.25) is 0 Å². The summed E-state index contributed by atoms with van der Waals surface area (Å²) < 4.78 is 22.4. The number of carbonyl (C=O) groups is 2. The van der Waals surface area contributed by atoms with Crippen LogP contribution in [0.2, 0.25) is 0 Å². The van der Waals surface area contributed by atoms with E-state index in [2.05, 4.69) is 10.6 Å². The average molecular weight is 626 g/mol. The summed E-state index contributed by atoms with van der Waals surface area (Å²) in [6.07, 6.45) is 1.10. The second-order valence-electron chi connectivity index (χ2n) is 10.3. The maximum Gasteiger partial charge on any atom is 0.336 e. The first-order valence-electron chi connectivity index (χ1n) is 15.2. The van der Waals surface area contributed by atoms with Gasteiger partial charge in [-0.2, -0.15) is 0 Å². The molecule has 2 aromatic carbocycles. The van der Waals surface area contributed by atoms with Gasteiger partial charge in [0.05, 0.1) is 41.8 Å².